The Kier molecular flexibility index (Phi) is 5.86. The van der Waals surface area contributed by atoms with Crippen molar-refractivity contribution in [1.82, 2.24) is 10.3 Å². The molecule has 0 spiro atoms. The van der Waals surface area contributed by atoms with Crippen molar-refractivity contribution in [2.75, 3.05) is 13.1 Å². The predicted molar refractivity (Wildman–Crippen MR) is 66.7 cm³/mol. The van der Waals surface area contributed by atoms with Crippen LogP contribution in [0.3, 0.4) is 0 Å². The minimum Gasteiger partial charge on any atom is -0.488 e. The van der Waals surface area contributed by atoms with Crippen molar-refractivity contribution in [2.24, 2.45) is 5.92 Å². The third-order valence-electron chi connectivity index (χ3n) is 2.30. The summed E-state index contributed by atoms with van der Waals surface area (Å²) < 4.78 is 5.70. The second-order valence-electron chi connectivity index (χ2n) is 4.50. The van der Waals surface area contributed by atoms with Crippen LogP contribution < -0.4 is 10.1 Å². The first-order valence-corrected chi connectivity index (χ1v) is 5.96. The van der Waals surface area contributed by atoms with E-state index in [0.29, 0.717) is 0 Å². The first-order chi connectivity index (χ1) is 7.68. The van der Waals surface area contributed by atoms with Gasteiger partial charge in [0.05, 0.1) is 6.20 Å². The van der Waals surface area contributed by atoms with E-state index in [-0.39, 0.29) is 6.10 Å². The van der Waals surface area contributed by atoms with Gasteiger partial charge in [-0.3, -0.25) is 4.98 Å². The van der Waals surface area contributed by atoms with Crippen molar-refractivity contribution in [3.05, 3.63) is 24.5 Å². The Morgan fingerprint density at radius 1 is 1.38 bits per heavy atom. The van der Waals surface area contributed by atoms with E-state index in [2.05, 4.69) is 31.1 Å². The standard InChI is InChI=1S/C13H22N2O/c1-11(2)6-8-15-9-12(3)16-13-5-4-7-14-10-13/h4-5,7,10-12,15H,6,8-9H2,1-3H3. The molecule has 0 radical (unpaired) electrons. The lowest BCUT2D eigenvalue weighted by molar-refractivity contribution is 0.216. The molecule has 0 bridgehead atoms. The van der Waals surface area contributed by atoms with E-state index in [4.69, 9.17) is 4.74 Å². The van der Waals surface area contributed by atoms with Crippen LogP contribution in [-0.2, 0) is 0 Å². The first-order valence-electron chi connectivity index (χ1n) is 5.96. The molecule has 0 saturated carbocycles. The summed E-state index contributed by atoms with van der Waals surface area (Å²) in [6.45, 7) is 8.46. The van der Waals surface area contributed by atoms with E-state index in [1.165, 1.54) is 6.42 Å². The Morgan fingerprint density at radius 2 is 2.19 bits per heavy atom. The highest BCUT2D eigenvalue weighted by Crippen LogP contribution is 2.08. The normalized spacial score (nSPS) is 12.8. The molecule has 0 amide bonds. The van der Waals surface area contributed by atoms with Gasteiger partial charge in [-0.15, -0.1) is 0 Å². The SMILES string of the molecule is CC(C)CCNCC(C)Oc1cccnc1. The van der Waals surface area contributed by atoms with E-state index in [1.807, 2.05) is 12.1 Å². The average Bonchev–Trinajstić information content (AvgIpc) is 2.25. The van der Waals surface area contributed by atoms with Crippen molar-refractivity contribution in [2.45, 2.75) is 33.3 Å². The van der Waals surface area contributed by atoms with Crippen LogP contribution in [0.5, 0.6) is 5.75 Å². The number of ether oxygens (including phenoxy) is 1. The summed E-state index contributed by atoms with van der Waals surface area (Å²) >= 11 is 0. The number of aromatic nitrogens is 1. The quantitative estimate of drug-likeness (QED) is 0.720. The lowest BCUT2D eigenvalue weighted by Crippen LogP contribution is -2.30. The van der Waals surface area contributed by atoms with Gasteiger partial charge >= 0.3 is 0 Å². The number of rotatable bonds is 7. The van der Waals surface area contributed by atoms with Crippen LogP contribution in [0.2, 0.25) is 0 Å². The Morgan fingerprint density at radius 3 is 2.81 bits per heavy atom. The molecule has 3 nitrogen and oxygen atoms in total. The second-order valence-corrected chi connectivity index (χ2v) is 4.50. The van der Waals surface area contributed by atoms with E-state index < -0.39 is 0 Å². The second kappa shape index (κ2) is 7.23. The number of pyridine rings is 1. The van der Waals surface area contributed by atoms with Gasteiger partial charge in [0.25, 0.3) is 0 Å². The molecule has 0 aliphatic heterocycles. The summed E-state index contributed by atoms with van der Waals surface area (Å²) in [5, 5.41) is 3.39. The van der Waals surface area contributed by atoms with E-state index >= 15 is 0 Å². The molecule has 1 heterocycles. The number of nitrogens with zero attached hydrogens (tertiary/aromatic N) is 1. The van der Waals surface area contributed by atoms with Gasteiger partial charge in [-0.05, 0) is 37.9 Å². The summed E-state index contributed by atoms with van der Waals surface area (Å²) in [6, 6.07) is 3.81. The predicted octanol–water partition coefficient (Wildman–Crippen LogP) is 2.48. The molecule has 0 aliphatic rings. The molecule has 90 valence electrons. The van der Waals surface area contributed by atoms with Crippen LogP contribution >= 0.6 is 0 Å². The monoisotopic (exact) mass is 222 g/mol. The highest BCUT2D eigenvalue weighted by Gasteiger charge is 2.03. The first kappa shape index (κ1) is 13.0. The lowest BCUT2D eigenvalue weighted by atomic mass is 10.1. The molecule has 0 saturated heterocycles. The average molecular weight is 222 g/mol. The number of hydrogen-bond acceptors (Lipinski definition) is 3. The van der Waals surface area contributed by atoms with E-state index in [9.17, 15) is 0 Å². The maximum absolute atomic E-state index is 5.70. The molecule has 0 fully saturated rings. The smallest absolute Gasteiger partial charge is 0.138 e. The van der Waals surface area contributed by atoms with Crippen molar-refractivity contribution >= 4 is 0 Å². The number of hydrogen-bond donors (Lipinski definition) is 1. The molecule has 3 heteroatoms. The third-order valence-corrected chi connectivity index (χ3v) is 2.30. The van der Waals surface area contributed by atoms with E-state index in [0.717, 1.165) is 24.8 Å². The summed E-state index contributed by atoms with van der Waals surface area (Å²) in [5.74, 6) is 1.59. The minimum atomic E-state index is 0.177. The third kappa shape index (κ3) is 5.71. The Balaban J connectivity index is 2.14. The van der Waals surface area contributed by atoms with Crippen LogP contribution in [0.15, 0.2) is 24.5 Å². The molecular formula is C13H22N2O. The maximum atomic E-state index is 5.70. The van der Waals surface area contributed by atoms with Crippen LogP contribution in [0.1, 0.15) is 27.2 Å². The van der Waals surface area contributed by atoms with Gasteiger partial charge in [0.1, 0.15) is 11.9 Å². The summed E-state index contributed by atoms with van der Waals surface area (Å²) in [6.07, 6.45) is 4.87. The number of nitrogens with one attached hydrogen (secondary N) is 1. The van der Waals surface area contributed by atoms with Gasteiger partial charge in [-0.1, -0.05) is 13.8 Å². The van der Waals surface area contributed by atoms with Crippen LogP contribution in [0, 0.1) is 5.92 Å². The summed E-state index contributed by atoms with van der Waals surface area (Å²) in [4.78, 5) is 4.01. The van der Waals surface area contributed by atoms with E-state index in [1.54, 1.807) is 12.4 Å². The van der Waals surface area contributed by atoms with Crippen molar-refractivity contribution in [3.63, 3.8) is 0 Å². The fraction of sp³-hybridized carbons (Fsp3) is 0.615. The van der Waals surface area contributed by atoms with Gasteiger partial charge in [0.2, 0.25) is 0 Å². The zero-order valence-corrected chi connectivity index (χ0v) is 10.4. The molecule has 1 rings (SSSR count). The fourth-order valence-electron chi connectivity index (χ4n) is 1.39. The molecule has 16 heavy (non-hydrogen) atoms. The Bertz CT molecular complexity index is 275. The van der Waals surface area contributed by atoms with Crippen LogP contribution in [0.4, 0.5) is 0 Å². The van der Waals surface area contributed by atoms with Gasteiger partial charge in [0, 0.05) is 12.7 Å². The lowest BCUT2D eigenvalue weighted by Gasteiger charge is -2.15. The van der Waals surface area contributed by atoms with Crippen molar-refractivity contribution < 1.29 is 4.74 Å². The summed E-state index contributed by atoms with van der Waals surface area (Å²) in [7, 11) is 0. The van der Waals surface area contributed by atoms with Crippen LogP contribution in [0.25, 0.3) is 0 Å². The molecule has 1 unspecified atom stereocenters. The molecule has 1 aromatic rings. The zero-order valence-electron chi connectivity index (χ0n) is 10.4. The summed E-state index contributed by atoms with van der Waals surface area (Å²) in [5.41, 5.74) is 0. The minimum absolute atomic E-state index is 0.177. The van der Waals surface area contributed by atoms with Crippen LogP contribution in [-0.4, -0.2) is 24.2 Å². The molecule has 1 aromatic heterocycles. The molecule has 1 atom stereocenters. The topological polar surface area (TPSA) is 34.1 Å². The molecule has 0 aliphatic carbocycles. The van der Waals surface area contributed by atoms with Crippen molar-refractivity contribution in [3.8, 4) is 5.75 Å². The highest BCUT2D eigenvalue weighted by atomic mass is 16.5. The van der Waals surface area contributed by atoms with Crippen molar-refractivity contribution in [1.29, 1.82) is 0 Å². The Labute approximate surface area is 98.2 Å². The fourth-order valence-corrected chi connectivity index (χ4v) is 1.39. The van der Waals surface area contributed by atoms with Gasteiger partial charge in [0.15, 0.2) is 0 Å². The van der Waals surface area contributed by atoms with Gasteiger partial charge in [-0.2, -0.15) is 0 Å². The zero-order chi connectivity index (χ0) is 11.8. The molecule has 1 N–H and O–H groups in total. The Hall–Kier alpha value is -1.09. The highest BCUT2D eigenvalue weighted by molar-refractivity contribution is 5.15. The molecule has 0 aromatic carbocycles. The van der Waals surface area contributed by atoms with Gasteiger partial charge < -0.3 is 10.1 Å². The maximum Gasteiger partial charge on any atom is 0.138 e. The van der Waals surface area contributed by atoms with Gasteiger partial charge in [-0.25, -0.2) is 0 Å². The molecular weight excluding hydrogens is 200 g/mol. The largest absolute Gasteiger partial charge is 0.488 e.